The third kappa shape index (κ3) is 5.07. The van der Waals surface area contributed by atoms with Gasteiger partial charge < -0.3 is 19.5 Å². The van der Waals surface area contributed by atoms with E-state index in [1.54, 1.807) is 7.11 Å². The van der Waals surface area contributed by atoms with Crippen LogP contribution in [0.5, 0.6) is 0 Å². The summed E-state index contributed by atoms with van der Waals surface area (Å²) in [5.41, 5.74) is 4.70. The normalized spacial score (nSPS) is 14.8. The minimum Gasteiger partial charge on any atom is -0.385 e. The molecular formula is C25H32N4O2. The molecule has 2 aromatic carbocycles. The zero-order valence-electron chi connectivity index (χ0n) is 18.5. The van der Waals surface area contributed by atoms with Crippen LogP contribution in [0.1, 0.15) is 30.4 Å². The van der Waals surface area contributed by atoms with Crippen LogP contribution in [-0.4, -0.2) is 48.8 Å². The van der Waals surface area contributed by atoms with Gasteiger partial charge in [-0.15, -0.1) is 0 Å². The molecular weight excluding hydrogens is 388 g/mol. The smallest absolute Gasteiger partial charge is 0.223 e. The molecule has 0 atom stereocenters. The first kappa shape index (κ1) is 21.4. The third-order valence-electron chi connectivity index (χ3n) is 6.03. The van der Waals surface area contributed by atoms with E-state index < -0.39 is 0 Å². The number of amides is 1. The van der Waals surface area contributed by atoms with Gasteiger partial charge in [-0.1, -0.05) is 42.0 Å². The molecule has 164 valence electrons. The van der Waals surface area contributed by atoms with Gasteiger partial charge in [0.2, 0.25) is 11.9 Å². The molecule has 1 aliphatic heterocycles. The lowest BCUT2D eigenvalue weighted by Gasteiger charge is -2.32. The van der Waals surface area contributed by atoms with E-state index >= 15 is 0 Å². The van der Waals surface area contributed by atoms with Crippen molar-refractivity contribution in [2.45, 2.75) is 32.7 Å². The minimum absolute atomic E-state index is 0.0772. The first-order chi connectivity index (χ1) is 15.2. The van der Waals surface area contributed by atoms with Gasteiger partial charge in [-0.25, -0.2) is 4.98 Å². The second-order valence-corrected chi connectivity index (χ2v) is 8.37. The molecule has 31 heavy (non-hydrogen) atoms. The summed E-state index contributed by atoms with van der Waals surface area (Å²) in [6.45, 7) is 5.95. The molecule has 2 heterocycles. The predicted molar refractivity (Wildman–Crippen MR) is 124 cm³/mol. The fourth-order valence-corrected chi connectivity index (χ4v) is 4.37. The van der Waals surface area contributed by atoms with E-state index in [9.17, 15) is 4.79 Å². The number of nitrogens with one attached hydrogen (secondary N) is 1. The molecule has 1 saturated heterocycles. The van der Waals surface area contributed by atoms with E-state index in [0.717, 1.165) is 55.9 Å². The molecule has 0 spiro atoms. The highest BCUT2D eigenvalue weighted by molar-refractivity contribution is 5.80. The summed E-state index contributed by atoms with van der Waals surface area (Å²) in [7, 11) is 1.68. The van der Waals surface area contributed by atoms with Crippen LogP contribution in [0.2, 0.25) is 0 Å². The van der Waals surface area contributed by atoms with Gasteiger partial charge in [0.05, 0.1) is 17.6 Å². The summed E-state index contributed by atoms with van der Waals surface area (Å²) in [6, 6.07) is 17.0. The van der Waals surface area contributed by atoms with Gasteiger partial charge in [0.15, 0.2) is 0 Å². The average molecular weight is 421 g/mol. The van der Waals surface area contributed by atoms with Crippen molar-refractivity contribution in [1.29, 1.82) is 0 Å². The van der Waals surface area contributed by atoms with E-state index in [4.69, 9.17) is 9.72 Å². The number of rotatable bonds is 8. The van der Waals surface area contributed by atoms with Crippen molar-refractivity contribution in [3.63, 3.8) is 0 Å². The molecule has 0 bridgehead atoms. The molecule has 0 unspecified atom stereocenters. The lowest BCUT2D eigenvalue weighted by Crippen LogP contribution is -2.41. The maximum Gasteiger partial charge on any atom is 0.223 e. The topological polar surface area (TPSA) is 59.4 Å². The summed E-state index contributed by atoms with van der Waals surface area (Å²) in [6.07, 6.45) is 2.55. The van der Waals surface area contributed by atoms with Crippen molar-refractivity contribution in [3.8, 4) is 0 Å². The van der Waals surface area contributed by atoms with Crippen LogP contribution in [0.4, 0.5) is 5.95 Å². The van der Waals surface area contributed by atoms with E-state index in [-0.39, 0.29) is 11.8 Å². The molecule has 6 heteroatoms. The van der Waals surface area contributed by atoms with Crippen molar-refractivity contribution in [2.24, 2.45) is 5.92 Å². The number of methoxy groups -OCH3 is 1. The van der Waals surface area contributed by atoms with E-state index in [1.165, 1.54) is 11.1 Å². The first-order valence-electron chi connectivity index (χ1n) is 11.2. The number of piperidine rings is 1. The summed E-state index contributed by atoms with van der Waals surface area (Å²) in [5.74, 6) is 1.25. The number of nitrogens with zero attached hydrogens (tertiary/aromatic N) is 3. The number of para-hydroxylation sites is 2. The van der Waals surface area contributed by atoms with Gasteiger partial charge in [0, 0.05) is 39.3 Å². The van der Waals surface area contributed by atoms with E-state index in [2.05, 4.69) is 64.2 Å². The maximum atomic E-state index is 12.5. The Morgan fingerprint density at radius 3 is 2.74 bits per heavy atom. The number of anilines is 1. The van der Waals surface area contributed by atoms with Crippen LogP contribution in [0, 0.1) is 12.8 Å². The first-order valence-corrected chi connectivity index (χ1v) is 11.2. The van der Waals surface area contributed by atoms with Crippen molar-refractivity contribution < 1.29 is 9.53 Å². The number of hydrogen-bond acceptors (Lipinski definition) is 4. The molecule has 0 saturated carbocycles. The van der Waals surface area contributed by atoms with E-state index in [1.807, 2.05) is 6.07 Å². The number of aryl methyl sites for hydroxylation is 1. The van der Waals surface area contributed by atoms with Gasteiger partial charge >= 0.3 is 0 Å². The Bertz CT molecular complexity index is 1020. The molecule has 1 fully saturated rings. The number of carbonyl (C=O) groups excluding carboxylic acids is 1. The number of fused-ring (bicyclic) bond motifs is 1. The molecule has 0 aliphatic carbocycles. The average Bonchev–Trinajstić information content (AvgIpc) is 3.15. The molecule has 3 aromatic rings. The number of benzene rings is 2. The van der Waals surface area contributed by atoms with Gasteiger partial charge in [0.25, 0.3) is 0 Å². The summed E-state index contributed by atoms with van der Waals surface area (Å²) >= 11 is 0. The molecule has 6 nitrogen and oxygen atoms in total. The Morgan fingerprint density at radius 2 is 1.97 bits per heavy atom. The van der Waals surface area contributed by atoms with Crippen LogP contribution in [0.15, 0.2) is 48.5 Å². The van der Waals surface area contributed by atoms with Crippen LogP contribution < -0.4 is 10.2 Å². The van der Waals surface area contributed by atoms with Gasteiger partial charge in [-0.3, -0.25) is 4.79 Å². The van der Waals surface area contributed by atoms with Crippen molar-refractivity contribution >= 4 is 22.9 Å². The zero-order chi connectivity index (χ0) is 21.6. The molecule has 1 amide bonds. The Labute approximate surface area is 184 Å². The quantitative estimate of drug-likeness (QED) is 0.564. The Hall–Kier alpha value is -2.86. The minimum atomic E-state index is 0.0772. The van der Waals surface area contributed by atoms with E-state index in [0.29, 0.717) is 13.2 Å². The number of imidazole rings is 1. The van der Waals surface area contributed by atoms with Crippen LogP contribution in [-0.2, 0) is 16.1 Å². The number of carbonyl (C=O) groups is 1. The molecule has 4 rings (SSSR count). The highest BCUT2D eigenvalue weighted by Crippen LogP contribution is 2.28. The lowest BCUT2D eigenvalue weighted by atomic mass is 9.96. The monoisotopic (exact) mass is 420 g/mol. The van der Waals surface area contributed by atoms with Crippen LogP contribution >= 0.6 is 0 Å². The highest BCUT2D eigenvalue weighted by atomic mass is 16.5. The number of hydrogen-bond donors (Lipinski definition) is 1. The lowest BCUT2D eigenvalue weighted by molar-refractivity contribution is -0.125. The van der Waals surface area contributed by atoms with Crippen LogP contribution in [0.3, 0.4) is 0 Å². The number of ether oxygens (including phenoxy) is 1. The van der Waals surface area contributed by atoms with Gasteiger partial charge in [0.1, 0.15) is 0 Å². The highest BCUT2D eigenvalue weighted by Gasteiger charge is 2.27. The number of aromatic nitrogens is 2. The van der Waals surface area contributed by atoms with Crippen molar-refractivity contribution in [3.05, 3.63) is 59.7 Å². The van der Waals surface area contributed by atoms with Crippen LogP contribution in [0.25, 0.3) is 11.0 Å². The fourth-order valence-electron chi connectivity index (χ4n) is 4.37. The largest absolute Gasteiger partial charge is 0.385 e. The Balaban J connectivity index is 1.48. The maximum absolute atomic E-state index is 12.5. The standard InChI is InChI=1S/C25H32N4O2/c1-19-7-5-8-20(17-19)18-29-23-10-4-3-9-22(23)27-25(29)28-14-11-21(12-15-28)24(30)26-13-6-16-31-2/h3-5,7-10,17,21H,6,11-16,18H2,1-2H3,(H,26,30). The molecule has 1 N–H and O–H groups in total. The van der Waals surface area contributed by atoms with Gasteiger partial charge in [-0.05, 0) is 43.9 Å². The summed E-state index contributed by atoms with van der Waals surface area (Å²) < 4.78 is 7.36. The second kappa shape index (κ2) is 9.96. The SMILES string of the molecule is COCCCNC(=O)C1CCN(c2nc3ccccc3n2Cc2cccc(C)c2)CC1. The molecule has 1 aromatic heterocycles. The Kier molecular flexibility index (Phi) is 6.87. The fraction of sp³-hybridized carbons (Fsp3) is 0.440. The third-order valence-corrected chi connectivity index (χ3v) is 6.03. The second-order valence-electron chi connectivity index (χ2n) is 8.37. The zero-order valence-corrected chi connectivity index (χ0v) is 18.5. The van der Waals surface area contributed by atoms with Crippen molar-refractivity contribution in [2.75, 3.05) is 38.3 Å². The molecule has 1 aliphatic rings. The summed E-state index contributed by atoms with van der Waals surface area (Å²) in [4.78, 5) is 19.8. The molecule has 0 radical (unpaired) electrons. The Morgan fingerprint density at radius 1 is 1.16 bits per heavy atom. The summed E-state index contributed by atoms with van der Waals surface area (Å²) in [5, 5.41) is 3.05. The predicted octanol–water partition coefficient (Wildman–Crippen LogP) is 3.76. The van der Waals surface area contributed by atoms with Gasteiger partial charge in [-0.2, -0.15) is 0 Å². The van der Waals surface area contributed by atoms with Crippen molar-refractivity contribution in [1.82, 2.24) is 14.9 Å².